The Hall–Kier alpha value is -2.61. The lowest BCUT2D eigenvalue weighted by molar-refractivity contribution is 0.0734. The molecule has 0 atom stereocenters. The molecule has 150 valence electrons. The fraction of sp³-hybridized carbons (Fsp3) is 0.350. The fourth-order valence-corrected chi connectivity index (χ4v) is 3.36. The van der Waals surface area contributed by atoms with Gasteiger partial charge in [0.2, 0.25) is 0 Å². The SMILES string of the molecule is COc1ccc(CN(CC2CC2)C(=O)c2cccc(F)c2)cc1OS(C)(=O)=O. The summed E-state index contributed by atoms with van der Waals surface area (Å²) in [7, 11) is -2.32. The van der Waals surface area contributed by atoms with Crippen LogP contribution in [0.2, 0.25) is 0 Å². The minimum atomic E-state index is -3.73. The lowest BCUT2D eigenvalue weighted by Crippen LogP contribution is -2.32. The first-order chi connectivity index (χ1) is 13.2. The molecule has 1 aliphatic rings. The number of carbonyl (C=O) groups is 1. The second-order valence-electron chi connectivity index (χ2n) is 6.91. The van der Waals surface area contributed by atoms with Gasteiger partial charge >= 0.3 is 10.1 Å². The molecule has 0 spiro atoms. The van der Waals surface area contributed by atoms with Crippen LogP contribution in [0, 0.1) is 11.7 Å². The van der Waals surface area contributed by atoms with Gasteiger partial charge in [0, 0.05) is 18.7 Å². The summed E-state index contributed by atoms with van der Waals surface area (Å²) in [4.78, 5) is 14.6. The standard InChI is InChI=1S/C20H22FNO5S/c1-26-18-9-8-15(10-19(18)27-28(2,24)25)13-22(12-14-6-7-14)20(23)16-4-3-5-17(21)11-16/h3-5,8-11,14H,6-7,12-13H2,1-2H3. The van der Waals surface area contributed by atoms with Crippen molar-refractivity contribution in [2.24, 2.45) is 5.92 Å². The molecule has 1 fully saturated rings. The Labute approximate surface area is 164 Å². The van der Waals surface area contributed by atoms with Crippen molar-refractivity contribution in [3.8, 4) is 11.5 Å². The number of rotatable bonds is 8. The van der Waals surface area contributed by atoms with Crippen molar-refractivity contribution in [3.63, 3.8) is 0 Å². The predicted octanol–water partition coefficient (Wildman–Crippen LogP) is 3.23. The fourth-order valence-electron chi connectivity index (χ4n) is 2.90. The maximum Gasteiger partial charge on any atom is 0.306 e. The van der Waals surface area contributed by atoms with Gasteiger partial charge in [0.15, 0.2) is 11.5 Å². The van der Waals surface area contributed by atoms with E-state index >= 15 is 0 Å². The number of halogens is 1. The van der Waals surface area contributed by atoms with Gasteiger partial charge in [-0.25, -0.2) is 4.39 Å². The Bertz CT molecular complexity index is 972. The number of amides is 1. The number of methoxy groups -OCH3 is 1. The summed E-state index contributed by atoms with van der Waals surface area (Å²) in [5, 5.41) is 0. The molecule has 6 nitrogen and oxygen atoms in total. The average molecular weight is 407 g/mol. The van der Waals surface area contributed by atoms with E-state index in [1.807, 2.05) is 0 Å². The summed E-state index contributed by atoms with van der Waals surface area (Å²) >= 11 is 0. The smallest absolute Gasteiger partial charge is 0.306 e. The first kappa shape index (κ1) is 20.1. The van der Waals surface area contributed by atoms with Gasteiger partial charge in [0.05, 0.1) is 13.4 Å². The van der Waals surface area contributed by atoms with Crippen LogP contribution >= 0.6 is 0 Å². The lowest BCUT2D eigenvalue weighted by Gasteiger charge is -2.23. The Morgan fingerprint density at radius 2 is 1.93 bits per heavy atom. The Balaban J connectivity index is 1.86. The zero-order valence-electron chi connectivity index (χ0n) is 15.7. The van der Waals surface area contributed by atoms with E-state index in [2.05, 4.69) is 0 Å². The molecule has 0 N–H and O–H groups in total. The number of nitrogens with zero attached hydrogens (tertiary/aromatic N) is 1. The summed E-state index contributed by atoms with van der Waals surface area (Å²) in [5.74, 6) is 0.0345. The number of ether oxygens (including phenoxy) is 1. The van der Waals surface area contributed by atoms with E-state index < -0.39 is 15.9 Å². The van der Waals surface area contributed by atoms with Gasteiger partial charge in [-0.15, -0.1) is 0 Å². The van der Waals surface area contributed by atoms with Gasteiger partial charge in [-0.2, -0.15) is 8.42 Å². The Kier molecular flexibility index (Phi) is 5.88. The minimum absolute atomic E-state index is 0.0621. The lowest BCUT2D eigenvalue weighted by atomic mass is 10.1. The number of benzene rings is 2. The van der Waals surface area contributed by atoms with Gasteiger partial charge < -0.3 is 13.8 Å². The molecule has 1 amide bonds. The molecule has 0 aromatic heterocycles. The third-order valence-corrected chi connectivity index (χ3v) is 4.86. The largest absolute Gasteiger partial charge is 0.493 e. The van der Waals surface area contributed by atoms with Crippen molar-refractivity contribution in [1.82, 2.24) is 4.90 Å². The highest BCUT2D eigenvalue weighted by Gasteiger charge is 2.28. The summed E-state index contributed by atoms with van der Waals surface area (Å²) in [6.07, 6.45) is 3.06. The molecule has 2 aromatic rings. The van der Waals surface area contributed by atoms with Crippen LogP contribution in [0.15, 0.2) is 42.5 Å². The Morgan fingerprint density at radius 1 is 1.18 bits per heavy atom. The van der Waals surface area contributed by atoms with Crippen LogP contribution in [-0.2, 0) is 16.7 Å². The molecular formula is C20H22FNO5S. The van der Waals surface area contributed by atoms with Crippen LogP contribution in [-0.4, -0.2) is 39.1 Å². The molecule has 0 bridgehead atoms. The van der Waals surface area contributed by atoms with Crippen LogP contribution in [0.5, 0.6) is 11.5 Å². The van der Waals surface area contributed by atoms with E-state index in [-0.39, 0.29) is 29.5 Å². The molecule has 8 heteroatoms. The summed E-state index contributed by atoms with van der Waals surface area (Å²) in [6.45, 7) is 0.805. The number of carbonyl (C=O) groups excluding carboxylic acids is 1. The summed E-state index contributed by atoms with van der Waals surface area (Å²) in [6, 6.07) is 10.5. The van der Waals surface area contributed by atoms with Crippen molar-refractivity contribution in [2.45, 2.75) is 19.4 Å². The van der Waals surface area contributed by atoms with E-state index in [4.69, 9.17) is 8.92 Å². The highest BCUT2D eigenvalue weighted by Crippen LogP contribution is 2.32. The Morgan fingerprint density at radius 3 is 2.54 bits per heavy atom. The van der Waals surface area contributed by atoms with Crippen molar-refractivity contribution >= 4 is 16.0 Å². The van der Waals surface area contributed by atoms with E-state index in [1.54, 1.807) is 29.2 Å². The van der Waals surface area contributed by atoms with Crippen LogP contribution in [0.4, 0.5) is 4.39 Å². The third-order valence-electron chi connectivity index (χ3n) is 4.38. The molecule has 0 heterocycles. The van der Waals surface area contributed by atoms with Crippen molar-refractivity contribution in [3.05, 3.63) is 59.4 Å². The van der Waals surface area contributed by atoms with E-state index in [9.17, 15) is 17.6 Å². The van der Waals surface area contributed by atoms with Crippen LogP contribution in [0.25, 0.3) is 0 Å². The van der Waals surface area contributed by atoms with Crippen molar-refractivity contribution in [1.29, 1.82) is 0 Å². The van der Waals surface area contributed by atoms with E-state index in [0.29, 0.717) is 18.0 Å². The maximum absolute atomic E-state index is 13.5. The normalized spacial score (nSPS) is 13.8. The summed E-state index contributed by atoms with van der Waals surface area (Å²) in [5.41, 5.74) is 0.964. The molecule has 0 unspecified atom stereocenters. The first-order valence-corrected chi connectivity index (χ1v) is 10.7. The minimum Gasteiger partial charge on any atom is -0.493 e. The van der Waals surface area contributed by atoms with Gasteiger partial charge in [-0.3, -0.25) is 4.79 Å². The van der Waals surface area contributed by atoms with Crippen molar-refractivity contribution < 1.29 is 26.5 Å². The number of hydrogen-bond acceptors (Lipinski definition) is 5. The quantitative estimate of drug-likeness (QED) is 0.628. The van der Waals surface area contributed by atoms with Crippen LogP contribution < -0.4 is 8.92 Å². The van der Waals surface area contributed by atoms with E-state index in [1.165, 1.54) is 25.3 Å². The maximum atomic E-state index is 13.5. The second kappa shape index (κ2) is 8.18. The molecule has 3 rings (SSSR count). The summed E-state index contributed by atoms with van der Waals surface area (Å²) < 4.78 is 46.7. The molecule has 0 saturated heterocycles. The number of hydrogen-bond donors (Lipinski definition) is 0. The zero-order valence-corrected chi connectivity index (χ0v) is 16.5. The van der Waals surface area contributed by atoms with Gasteiger partial charge in [-0.1, -0.05) is 12.1 Å². The zero-order chi connectivity index (χ0) is 20.3. The van der Waals surface area contributed by atoms with Crippen LogP contribution in [0.1, 0.15) is 28.8 Å². The molecular weight excluding hydrogens is 385 g/mol. The van der Waals surface area contributed by atoms with Crippen molar-refractivity contribution in [2.75, 3.05) is 19.9 Å². The molecule has 0 radical (unpaired) electrons. The van der Waals surface area contributed by atoms with Gasteiger partial charge in [-0.05, 0) is 54.7 Å². The first-order valence-electron chi connectivity index (χ1n) is 8.86. The van der Waals surface area contributed by atoms with E-state index in [0.717, 1.165) is 19.1 Å². The molecule has 1 aliphatic carbocycles. The average Bonchev–Trinajstić information content (AvgIpc) is 3.43. The molecule has 2 aromatic carbocycles. The van der Waals surface area contributed by atoms with Crippen LogP contribution in [0.3, 0.4) is 0 Å². The van der Waals surface area contributed by atoms with Gasteiger partial charge in [0.25, 0.3) is 5.91 Å². The molecule has 0 aliphatic heterocycles. The third kappa shape index (κ3) is 5.45. The topological polar surface area (TPSA) is 72.9 Å². The predicted molar refractivity (Wildman–Crippen MR) is 102 cm³/mol. The monoisotopic (exact) mass is 407 g/mol. The molecule has 28 heavy (non-hydrogen) atoms. The second-order valence-corrected chi connectivity index (χ2v) is 8.49. The highest BCUT2D eigenvalue weighted by atomic mass is 32.2. The van der Waals surface area contributed by atoms with Gasteiger partial charge in [0.1, 0.15) is 5.82 Å². The highest BCUT2D eigenvalue weighted by molar-refractivity contribution is 7.86. The molecule has 1 saturated carbocycles.